The van der Waals surface area contributed by atoms with Gasteiger partial charge in [-0.05, 0) is 36.1 Å². The summed E-state index contributed by atoms with van der Waals surface area (Å²) >= 11 is 6.32. The van der Waals surface area contributed by atoms with Crippen LogP contribution < -0.4 is 5.32 Å². The van der Waals surface area contributed by atoms with Crippen LogP contribution in [0.15, 0.2) is 54.6 Å². The first-order chi connectivity index (χ1) is 13.6. The van der Waals surface area contributed by atoms with Crippen molar-refractivity contribution < 1.29 is 4.79 Å². The molecule has 2 aliphatic rings. The number of aryl methyl sites for hydroxylation is 1. The topological polar surface area (TPSA) is 45.2 Å². The van der Waals surface area contributed by atoms with E-state index in [4.69, 9.17) is 11.6 Å². The summed E-state index contributed by atoms with van der Waals surface area (Å²) in [6.07, 6.45) is 0. The number of halogens is 2. The van der Waals surface area contributed by atoms with Gasteiger partial charge in [-0.1, -0.05) is 54.1 Å². The van der Waals surface area contributed by atoms with E-state index in [2.05, 4.69) is 41.5 Å². The Bertz CT molecular complexity index is 1070. The van der Waals surface area contributed by atoms with Gasteiger partial charge in [-0.3, -0.25) is 4.79 Å². The standard InChI is InChI=1S/C23H22ClN3O.ClH/c1-14-5-2-3-7-17(14)22-18-12-25-11-16(18)13-27(22)23(28)20-10-9-15-6-4-8-19(24)21(15)26-20;/h2-10,16,18,22,25H,11-13H2,1H3;1H/t16-,18-,22+;/m0./s1. The maximum absolute atomic E-state index is 13.5. The van der Waals surface area contributed by atoms with Gasteiger partial charge in [0, 0.05) is 30.9 Å². The van der Waals surface area contributed by atoms with E-state index in [1.165, 1.54) is 11.1 Å². The Labute approximate surface area is 181 Å². The van der Waals surface area contributed by atoms with E-state index in [1.807, 2.05) is 35.2 Å². The molecule has 3 atom stereocenters. The number of hydrogen-bond donors (Lipinski definition) is 1. The summed E-state index contributed by atoms with van der Waals surface area (Å²) in [5, 5.41) is 5.02. The van der Waals surface area contributed by atoms with Crippen LogP contribution in [0, 0.1) is 18.8 Å². The minimum absolute atomic E-state index is 0. The van der Waals surface area contributed by atoms with E-state index in [1.54, 1.807) is 0 Å². The molecule has 6 heteroatoms. The maximum atomic E-state index is 13.5. The number of para-hydroxylation sites is 1. The fraction of sp³-hybridized carbons (Fsp3) is 0.304. The van der Waals surface area contributed by atoms with Crippen LogP contribution in [0.1, 0.15) is 27.7 Å². The average Bonchev–Trinajstić information content (AvgIpc) is 3.29. The van der Waals surface area contributed by atoms with E-state index in [0.29, 0.717) is 28.1 Å². The molecule has 2 saturated heterocycles. The SMILES string of the molecule is Cc1ccccc1[C@@H]1[C@H]2CNC[C@H]2CN1C(=O)c1ccc2cccc(Cl)c2n1.Cl. The highest BCUT2D eigenvalue weighted by Crippen LogP contribution is 2.44. The molecule has 3 aromatic rings. The smallest absolute Gasteiger partial charge is 0.273 e. The van der Waals surface area contributed by atoms with E-state index in [0.717, 1.165) is 25.0 Å². The molecule has 1 amide bonds. The van der Waals surface area contributed by atoms with Crippen LogP contribution in [0.5, 0.6) is 0 Å². The summed E-state index contributed by atoms with van der Waals surface area (Å²) < 4.78 is 0. The zero-order valence-corrected chi connectivity index (χ0v) is 17.7. The lowest BCUT2D eigenvalue weighted by Crippen LogP contribution is -2.35. The molecule has 2 fully saturated rings. The lowest BCUT2D eigenvalue weighted by Gasteiger charge is -2.29. The summed E-state index contributed by atoms with van der Waals surface area (Å²) in [6, 6.07) is 17.9. The summed E-state index contributed by atoms with van der Waals surface area (Å²) in [5.74, 6) is 0.913. The average molecular weight is 428 g/mol. The summed E-state index contributed by atoms with van der Waals surface area (Å²) in [6.45, 7) is 4.80. The van der Waals surface area contributed by atoms with Gasteiger partial charge in [0.15, 0.2) is 0 Å². The highest BCUT2D eigenvalue weighted by Gasteiger charge is 2.47. The molecule has 1 aromatic heterocycles. The molecule has 5 rings (SSSR count). The van der Waals surface area contributed by atoms with Crippen molar-refractivity contribution >= 4 is 40.8 Å². The minimum Gasteiger partial charge on any atom is -0.330 e. The van der Waals surface area contributed by atoms with E-state index >= 15 is 0 Å². The Morgan fingerprint density at radius 1 is 1.10 bits per heavy atom. The Morgan fingerprint density at radius 2 is 1.93 bits per heavy atom. The van der Waals surface area contributed by atoms with Crippen molar-refractivity contribution in [1.29, 1.82) is 0 Å². The fourth-order valence-electron chi connectivity index (χ4n) is 4.82. The number of nitrogens with zero attached hydrogens (tertiary/aromatic N) is 2. The lowest BCUT2D eigenvalue weighted by molar-refractivity contribution is 0.0708. The quantitative estimate of drug-likeness (QED) is 0.646. The molecule has 2 aliphatic heterocycles. The molecule has 0 bridgehead atoms. The number of rotatable bonds is 2. The molecule has 4 nitrogen and oxygen atoms in total. The summed E-state index contributed by atoms with van der Waals surface area (Å²) in [7, 11) is 0. The first kappa shape index (κ1) is 20.1. The third-order valence-electron chi connectivity index (χ3n) is 6.22. The van der Waals surface area contributed by atoms with Gasteiger partial charge in [0.1, 0.15) is 5.69 Å². The van der Waals surface area contributed by atoms with Crippen LogP contribution in [0.2, 0.25) is 5.02 Å². The zero-order valence-electron chi connectivity index (χ0n) is 16.1. The number of hydrogen-bond acceptors (Lipinski definition) is 3. The van der Waals surface area contributed by atoms with Gasteiger partial charge < -0.3 is 10.2 Å². The predicted molar refractivity (Wildman–Crippen MR) is 119 cm³/mol. The van der Waals surface area contributed by atoms with Crippen LogP contribution in [0.4, 0.5) is 0 Å². The molecule has 150 valence electrons. The third-order valence-corrected chi connectivity index (χ3v) is 6.53. The van der Waals surface area contributed by atoms with Crippen LogP contribution in [-0.4, -0.2) is 35.4 Å². The fourth-order valence-corrected chi connectivity index (χ4v) is 5.05. The van der Waals surface area contributed by atoms with Crippen molar-refractivity contribution in [3.8, 4) is 0 Å². The van der Waals surface area contributed by atoms with Crippen molar-refractivity contribution in [1.82, 2.24) is 15.2 Å². The minimum atomic E-state index is -0.00975. The van der Waals surface area contributed by atoms with Gasteiger partial charge in [0.2, 0.25) is 0 Å². The number of aromatic nitrogens is 1. The van der Waals surface area contributed by atoms with Gasteiger partial charge >= 0.3 is 0 Å². The van der Waals surface area contributed by atoms with Crippen LogP contribution in [0.3, 0.4) is 0 Å². The number of carbonyl (C=O) groups excluding carboxylic acids is 1. The van der Waals surface area contributed by atoms with Crippen molar-refractivity contribution in [3.05, 3.63) is 76.4 Å². The largest absolute Gasteiger partial charge is 0.330 e. The Balaban J connectivity index is 0.00000205. The van der Waals surface area contributed by atoms with Gasteiger partial charge in [-0.25, -0.2) is 4.98 Å². The van der Waals surface area contributed by atoms with Crippen molar-refractivity contribution in [2.24, 2.45) is 11.8 Å². The summed E-state index contributed by atoms with van der Waals surface area (Å²) in [4.78, 5) is 20.2. The van der Waals surface area contributed by atoms with Crippen LogP contribution >= 0.6 is 24.0 Å². The Kier molecular flexibility index (Phi) is 5.52. The molecular weight excluding hydrogens is 405 g/mol. The molecule has 0 spiro atoms. The number of pyridine rings is 1. The molecule has 0 saturated carbocycles. The predicted octanol–water partition coefficient (Wildman–Crippen LogP) is 4.65. The third kappa shape index (κ3) is 3.39. The molecule has 3 heterocycles. The normalized spacial score (nSPS) is 23.1. The molecule has 1 N–H and O–H groups in total. The van der Waals surface area contributed by atoms with Crippen molar-refractivity contribution in [3.63, 3.8) is 0 Å². The molecule has 0 unspecified atom stereocenters. The molecule has 0 aliphatic carbocycles. The second-order valence-corrected chi connectivity index (χ2v) is 8.26. The second kappa shape index (κ2) is 7.94. The lowest BCUT2D eigenvalue weighted by atomic mass is 9.87. The van der Waals surface area contributed by atoms with Crippen LogP contribution in [-0.2, 0) is 0 Å². The molecule has 2 aromatic carbocycles. The zero-order chi connectivity index (χ0) is 19.3. The van der Waals surface area contributed by atoms with E-state index < -0.39 is 0 Å². The Hall–Kier alpha value is -2.14. The maximum Gasteiger partial charge on any atom is 0.273 e. The highest BCUT2D eigenvalue weighted by atomic mass is 35.5. The number of benzene rings is 2. The van der Waals surface area contributed by atoms with E-state index in [-0.39, 0.29) is 24.4 Å². The number of carbonyl (C=O) groups is 1. The monoisotopic (exact) mass is 427 g/mol. The number of likely N-dealkylation sites (tertiary alicyclic amines) is 1. The highest BCUT2D eigenvalue weighted by molar-refractivity contribution is 6.35. The number of amides is 1. The van der Waals surface area contributed by atoms with Gasteiger partial charge in [-0.2, -0.15) is 0 Å². The molecular formula is C23H23Cl2N3O. The summed E-state index contributed by atoms with van der Waals surface area (Å²) in [5.41, 5.74) is 3.62. The second-order valence-electron chi connectivity index (χ2n) is 7.85. The molecule has 29 heavy (non-hydrogen) atoms. The van der Waals surface area contributed by atoms with Crippen molar-refractivity contribution in [2.45, 2.75) is 13.0 Å². The van der Waals surface area contributed by atoms with Gasteiger partial charge in [-0.15, -0.1) is 12.4 Å². The first-order valence-electron chi connectivity index (χ1n) is 9.76. The molecule has 0 radical (unpaired) electrons. The van der Waals surface area contributed by atoms with Gasteiger partial charge in [0.25, 0.3) is 5.91 Å². The number of nitrogens with one attached hydrogen (secondary N) is 1. The van der Waals surface area contributed by atoms with Crippen LogP contribution in [0.25, 0.3) is 10.9 Å². The Morgan fingerprint density at radius 3 is 2.76 bits per heavy atom. The van der Waals surface area contributed by atoms with Crippen molar-refractivity contribution in [2.75, 3.05) is 19.6 Å². The van der Waals surface area contributed by atoms with E-state index in [9.17, 15) is 4.79 Å². The number of fused-ring (bicyclic) bond motifs is 2. The first-order valence-corrected chi connectivity index (χ1v) is 10.1. The van der Waals surface area contributed by atoms with Gasteiger partial charge in [0.05, 0.1) is 16.6 Å².